The molecule has 1 aromatic rings. The monoisotopic (exact) mass is 330 g/mol. The van der Waals surface area contributed by atoms with Crippen LogP contribution in [0.5, 0.6) is 0 Å². The average molecular weight is 331 g/mol. The van der Waals surface area contributed by atoms with E-state index in [1.165, 1.54) is 32.1 Å². The maximum absolute atomic E-state index is 5.99. The first-order valence-corrected chi connectivity index (χ1v) is 7.87. The number of ether oxygens (including phenoxy) is 1. The third-order valence-electron chi connectivity index (χ3n) is 3.91. The number of hydrazine groups is 1. The first-order chi connectivity index (χ1) is 9.27. The van der Waals surface area contributed by atoms with Gasteiger partial charge in [-0.3, -0.25) is 5.84 Å². The van der Waals surface area contributed by atoms with Crippen LogP contribution in [0, 0.1) is 5.92 Å². The minimum absolute atomic E-state index is 0.0674. The van der Waals surface area contributed by atoms with Gasteiger partial charge in [0, 0.05) is 6.61 Å². The lowest BCUT2D eigenvalue weighted by molar-refractivity contribution is -0.0230. The van der Waals surface area contributed by atoms with Crippen LogP contribution in [0.2, 0.25) is 0 Å². The van der Waals surface area contributed by atoms with Crippen LogP contribution in [0.3, 0.4) is 0 Å². The zero-order chi connectivity index (χ0) is 13.7. The Morgan fingerprint density at radius 1 is 1.47 bits per heavy atom. The summed E-state index contributed by atoms with van der Waals surface area (Å²) in [5.74, 6) is 7.13. The van der Waals surface area contributed by atoms with Crippen molar-refractivity contribution in [3.8, 4) is 0 Å². The van der Waals surface area contributed by atoms with Crippen LogP contribution in [0.1, 0.15) is 50.8 Å². The highest BCUT2D eigenvalue weighted by molar-refractivity contribution is 9.10. The van der Waals surface area contributed by atoms with E-state index in [9.17, 15) is 0 Å². The molecule has 0 saturated heterocycles. The molecular formula is C14H23BrN2O2. The van der Waals surface area contributed by atoms with Crippen molar-refractivity contribution in [2.45, 2.75) is 51.2 Å². The van der Waals surface area contributed by atoms with E-state index in [-0.39, 0.29) is 12.1 Å². The summed E-state index contributed by atoms with van der Waals surface area (Å²) in [6.07, 6.45) is 8.06. The Kier molecular flexibility index (Phi) is 5.88. The second kappa shape index (κ2) is 7.43. The van der Waals surface area contributed by atoms with Crippen LogP contribution in [0.25, 0.3) is 0 Å². The van der Waals surface area contributed by atoms with Crippen molar-refractivity contribution in [2.24, 2.45) is 11.8 Å². The van der Waals surface area contributed by atoms with Gasteiger partial charge < -0.3 is 9.15 Å². The molecule has 5 heteroatoms. The minimum Gasteiger partial charge on any atom is -0.466 e. The smallest absolute Gasteiger partial charge is 0.138 e. The van der Waals surface area contributed by atoms with Gasteiger partial charge >= 0.3 is 0 Å². The fourth-order valence-corrected chi connectivity index (χ4v) is 3.45. The van der Waals surface area contributed by atoms with Gasteiger partial charge in [-0.25, -0.2) is 5.43 Å². The molecule has 1 heterocycles. The number of hydrogen-bond donors (Lipinski definition) is 2. The van der Waals surface area contributed by atoms with Crippen molar-refractivity contribution in [2.75, 3.05) is 6.61 Å². The van der Waals surface area contributed by atoms with E-state index in [1.807, 2.05) is 13.0 Å². The van der Waals surface area contributed by atoms with Crippen molar-refractivity contribution in [1.29, 1.82) is 0 Å². The normalized spacial score (nSPS) is 20.4. The highest BCUT2D eigenvalue weighted by Crippen LogP contribution is 2.36. The van der Waals surface area contributed by atoms with Crippen molar-refractivity contribution in [1.82, 2.24) is 5.43 Å². The SMILES string of the molecule is CCOC(C1CCCCC1)C(NN)c1occc1Br. The zero-order valence-electron chi connectivity index (χ0n) is 11.4. The molecule has 1 aliphatic rings. The van der Waals surface area contributed by atoms with E-state index in [2.05, 4.69) is 21.4 Å². The fourth-order valence-electron chi connectivity index (χ4n) is 3.01. The summed E-state index contributed by atoms with van der Waals surface area (Å²) in [5, 5.41) is 0. The van der Waals surface area contributed by atoms with Crippen LogP contribution in [-0.2, 0) is 4.74 Å². The summed E-state index contributed by atoms with van der Waals surface area (Å²) >= 11 is 3.51. The van der Waals surface area contributed by atoms with Crippen molar-refractivity contribution >= 4 is 15.9 Å². The molecule has 0 radical (unpaired) electrons. The zero-order valence-corrected chi connectivity index (χ0v) is 13.0. The van der Waals surface area contributed by atoms with Gasteiger partial charge in [0.15, 0.2) is 0 Å². The van der Waals surface area contributed by atoms with Crippen molar-refractivity contribution < 1.29 is 9.15 Å². The standard InChI is InChI=1S/C14H23BrN2O2/c1-2-18-13(10-6-4-3-5-7-10)12(17-16)14-11(15)8-9-19-14/h8-10,12-13,17H,2-7,16H2,1H3. The first-order valence-electron chi connectivity index (χ1n) is 7.08. The third kappa shape index (κ3) is 3.60. The van der Waals surface area contributed by atoms with Crippen LogP contribution >= 0.6 is 15.9 Å². The molecule has 0 spiro atoms. The molecule has 2 rings (SSSR count). The van der Waals surface area contributed by atoms with E-state index in [0.717, 1.165) is 10.2 Å². The highest BCUT2D eigenvalue weighted by Gasteiger charge is 2.34. The van der Waals surface area contributed by atoms with E-state index in [0.29, 0.717) is 12.5 Å². The quantitative estimate of drug-likeness (QED) is 0.618. The van der Waals surface area contributed by atoms with E-state index >= 15 is 0 Å². The van der Waals surface area contributed by atoms with E-state index in [4.69, 9.17) is 15.0 Å². The molecule has 0 bridgehead atoms. The van der Waals surface area contributed by atoms with Gasteiger partial charge in [-0.1, -0.05) is 19.3 Å². The lowest BCUT2D eigenvalue weighted by Crippen LogP contribution is -2.42. The Morgan fingerprint density at radius 2 is 2.21 bits per heavy atom. The Bertz CT molecular complexity index is 377. The van der Waals surface area contributed by atoms with Crippen LogP contribution in [0.15, 0.2) is 21.2 Å². The lowest BCUT2D eigenvalue weighted by Gasteiger charge is -2.34. The number of furan rings is 1. The van der Waals surface area contributed by atoms with E-state index in [1.54, 1.807) is 6.26 Å². The second-order valence-electron chi connectivity index (χ2n) is 5.10. The molecule has 0 amide bonds. The minimum atomic E-state index is -0.104. The number of hydrogen-bond acceptors (Lipinski definition) is 4. The number of halogens is 1. The van der Waals surface area contributed by atoms with Crippen molar-refractivity contribution in [3.05, 3.63) is 22.6 Å². The number of nitrogens with one attached hydrogen (secondary N) is 1. The Balaban J connectivity index is 2.17. The highest BCUT2D eigenvalue weighted by atomic mass is 79.9. The molecule has 19 heavy (non-hydrogen) atoms. The van der Waals surface area contributed by atoms with Crippen molar-refractivity contribution in [3.63, 3.8) is 0 Å². The largest absolute Gasteiger partial charge is 0.466 e. The molecule has 2 atom stereocenters. The molecular weight excluding hydrogens is 308 g/mol. The molecule has 1 aliphatic carbocycles. The van der Waals surface area contributed by atoms with Crippen LogP contribution in [-0.4, -0.2) is 12.7 Å². The van der Waals surface area contributed by atoms with Gasteiger partial charge in [-0.05, 0) is 47.7 Å². The molecule has 0 aliphatic heterocycles. The maximum atomic E-state index is 5.99. The van der Waals surface area contributed by atoms with Gasteiger partial charge in [0.05, 0.1) is 16.8 Å². The summed E-state index contributed by atoms with van der Waals surface area (Å²) in [4.78, 5) is 0. The van der Waals surface area contributed by atoms with E-state index < -0.39 is 0 Å². The third-order valence-corrected chi connectivity index (χ3v) is 4.56. The summed E-state index contributed by atoms with van der Waals surface area (Å²) in [7, 11) is 0. The molecule has 1 saturated carbocycles. The Hall–Kier alpha value is -0.360. The van der Waals surface area contributed by atoms with Crippen LogP contribution in [0.4, 0.5) is 0 Å². The summed E-state index contributed by atoms with van der Waals surface area (Å²) < 4.78 is 12.5. The van der Waals surface area contributed by atoms with Gasteiger partial charge in [0.25, 0.3) is 0 Å². The molecule has 4 nitrogen and oxygen atoms in total. The number of rotatable bonds is 6. The Morgan fingerprint density at radius 3 is 2.74 bits per heavy atom. The molecule has 2 unspecified atom stereocenters. The lowest BCUT2D eigenvalue weighted by atomic mass is 9.82. The van der Waals surface area contributed by atoms with Gasteiger partial charge in [-0.2, -0.15) is 0 Å². The molecule has 108 valence electrons. The van der Waals surface area contributed by atoms with Gasteiger partial charge in [0.1, 0.15) is 11.8 Å². The predicted molar refractivity (Wildman–Crippen MR) is 78.5 cm³/mol. The van der Waals surface area contributed by atoms with Gasteiger partial charge in [-0.15, -0.1) is 0 Å². The maximum Gasteiger partial charge on any atom is 0.138 e. The van der Waals surface area contributed by atoms with Crippen LogP contribution < -0.4 is 11.3 Å². The molecule has 3 N–H and O–H groups in total. The first kappa shape index (κ1) is 15.0. The summed E-state index contributed by atoms with van der Waals surface area (Å²) in [6, 6.07) is 1.79. The fraction of sp³-hybridized carbons (Fsp3) is 0.714. The Labute approximate surface area is 123 Å². The molecule has 1 fully saturated rings. The topological polar surface area (TPSA) is 60.4 Å². The number of nitrogens with two attached hydrogens (primary N) is 1. The molecule has 1 aromatic heterocycles. The summed E-state index contributed by atoms with van der Waals surface area (Å²) in [6.45, 7) is 2.72. The average Bonchev–Trinajstić information content (AvgIpc) is 2.86. The second-order valence-corrected chi connectivity index (χ2v) is 5.95. The predicted octanol–water partition coefficient (Wildman–Crippen LogP) is 3.53. The molecule has 0 aromatic carbocycles. The van der Waals surface area contributed by atoms with Gasteiger partial charge in [0.2, 0.25) is 0 Å². The summed E-state index contributed by atoms with van der Waals surface area (Å²) in [5.41, 5.74) is 2.88.